The van der Waals surface area contributed by atoms with E-state index in [2.05, 4.69) is 51.0 Å². The van der Waals surface area contributed by atoms with Crippen LogP contribution in [0.3, 0.4) is 0 Å². The van der Waals surface area contributed by atoms with Crippen LogP contribution in [0.2, 0.25) is 0 Å². The number of halogens is 7. The number of benzene rings is 2. The number of nitrogens with zero attached hydrogens (tertiary/aromatic N) is 3. The third-order valence-electron chi connectivity index (χ3n) is 7.64. The lowest BCUT2D eigenvalue weighted by Crippen LogP contribution is -2.15. The Morgan fingerprint density at radius 2 is 1.00 bits per heavy atom. The molecule has 0 aliphatic heterocycles. The number of methoxy groups -OCH3 is 2. The zero-order valence-corrected chi connectivity index (χ0v) is 34.2. The molecule has 3 aromatic heterocycles. The molecule has 0 saturated carbocycles. The van der Waals surface area contributed by atoms with E-state index in [1.165, 1.54) is 87.0 Å². The van der Waals surface area contributed by atoms with E-state index in [4.69, 9.17) is 5.21 Å². The highest BCUT2D eigenvalue weighted by atomic mass is 79.9. The predicted octanol–water partition coefficient (Wildman–Crippen LogP) is 8.44. The van der Waals surface area contributed by atoms with Crippen molar-refractivity contribution in [1.82, 2.24) is 20.4 Å². The van der Waals surface area contributed by atoms with Crippen LogP contribution in [0.4, 0.5) is 37.7 Å². The third kappa shape index (κ3) is 16.8. The molecule has 2 aromatic carbocycles. The van der Waals surface area contributed by atoms with E-state index < -0.39 is 47.2 Å². The third-order valence-corrected chi connectivity index (χ3v) is 8.30. The van der Waals surface area contributed by atoms with E-state index in [0.717, 1.165) is 58.6 Å². The fourth-order valence-electron chi connectivity index (χ4n) is 4.55. The molecule has 0 aliphatic carbocycles. The van der Waals surface area contributed by atoms with Crippen molar-refractivity contribution in [3.8, 4) is 0 Å². The Labute approximate surface area is 362 Å². The molecule has 0 radical (unpaired) electrons. The summed E-state index contributed by atoms with van der Waals surface area (Å²) in [6.07, 6.45) is 7.54. The zero-order chi connectivity index (χ0) is 46.6. The number of pyridine rings is 3. The van der Waals surface area contributed by atoms with Gasteiger partial charge in [0.1, 0.15) is 0 Å². The average Bonchev–Trinajstić information content (AvgIpc) is 3.27. The molecular weight excluding hydrogens is 910 g/mol. The fourth-order valence-corrected chi connectivity index (χ4v) is 4.93. The van der Waals surface area contributed by atoms with Crippen LogP contribution in [0.1, 0.15) is 48.5 Å². The minimum absolute atomic E-state index is 0.151. The lowest BCUT2D eigenvalue weighted by molar-refractivity contribution is -0.138. The number of hydrogen-bond acceptors (Lipinski definition) is 11. The summed E-state index contributed by atoms with van der Waals surface area (Å²) in [7, 11) is 2.56. The normalized spacial score (nSPS) is 11.1. The van der Waals surface area contributed by atoms with Crippen LogP contribution in [0, 0.1) is 0 Å². The van der Waals surface area contributed by atoms with Crippen molar-refractivity contribution >= 4 is 75.2 Å². The van der Waals surface area contributed by atoms with Gasteiger partial charge in [-0.25, -0.2) is 15.1 Å². The summed E-state index contributed by atoms with van der Waals surface area (Å²) in [6, 6.07) is 12.8. The van der Waals surface area contributed by atoms with Crippen molar-refractivity contribution in [3.05, 3.63) is 166 Å². The highest BCUT2D eigenvalue weighted by molar-refractivity contribution is 9.10. The number of aromatic nitrogens is 3. The van der Waals surface area contributed by atoms with Crippen LogP contribution in [-0.4, -0.2) is 64.0 Å². The first kappa shape index (κ1) is 49.8. The van der Waals surface area contributed by atoms with Gasteiger partial charge in [-0.05, 0) is 94.3 Å². The van der Waals surface area contributed by atoms with Gasteiger partial charge in [0.05, 0.1) is 49.1 Å². The fraction of sp³-hybridized carbons (Fsp3) is 0.0952. The second-order valence-corrected chi connectivity index (χ2v) is 12.8. The number of nitrogens with one attached hydrogen (secondary N) is 3. The molecule has 5 rings (SSSR count). The number of hydrogen-bond donors (Lipinski definition) is 4. The van der Waals surface area contributed by atoms with Crippen LogP contribution in [0.15, 0.2) is 127 Å². The standard InChI is InChI=1S/C17H13F3N2O3.C16H12F3N3O3.C9H8BrNO2/c1-25-15(23)6-5-11-7-8-21-10-14(11)22-16(24)12-3-2-4-13(9-12)17(18,19)20;17-16(18,19)12-3-1-2-11(8-12)15(24)21-13-9-20-7-6-10(13)4-5-14(23)22-25;1-13-9(12)3-2-7-4-5-11-6-8(7)10/h2-10H,1H3,(H,22,24);1-9,25H,(H,21,24)(H,22,23);2-6H,1H3/b6-5+;5-4+;3-2+. The molecular formula is C42H33BrF6N6O8. The summed E-state index contributed by atoms with van der Waals surface area (Å²) in [4.78, 5) is 68.9. The average molecular weight is 944 g/mol. The number of esters is 2. The van der Waals surface area contributed by atoms with Gasteiger partial charge in [0.15, 0.2) is 0 Å². The van der Waals surface area contributed by atoms with Crippen molar-refractivity contribution in [2.45, 2.75) is 12.4 Å². The van der Waals surface area contributed by atoms with Gasteiger partial charge < -0.3 is 20.1 Å². The van der Waals surface area contributed by atoms with Gasteiger partial charge in [0.2, 0.25) is 0 Å². The van der Waals surface area contributed by atoms with E-state index in [-0.39, 0.29) is 28.5 Å². The van der Waals surface area contributed by atoms with Crippen molar-refractivity contribution < 1.29 is 65.0 Å². The highest BCUT2D eigenvalue weighted by Crippen LogP contribution is 2.31. The zero-order valence-electron chi connectivity index (χ0n) is 32.6. The summed E-state index contributed by atoms with van der Waals surface area (Å²) in [5, 5.41) is 13.4. The first-order chi connectivity index (χ1) is 29.9. The van der Waals surface area contributed by atoms with E-state index in [1.54, 1.807) is 24.5 Å². The Morgan fingerprint density at radius 3 is 1.40 bits per heavy atom. The van der Waals surface area contributed by atoms with Crippen LogP contribution in [-0.2, 0) is 36.2 Å². The maximum Gasteiger partial charge on any atom is 0.416 e. The molecule has 0 unspecified atom stereocenters. The van der Waals surface area contributed by atoms with Gasteiger partial charge in [0.25, 0.3) is 17.7 Å². The van der Waals surface area contributed by atoms with Crippen molar-refractivity contribution in [2.75, 3.05) is 24.9 Å². The summed E-state index contributed by atoms with van der Waals surface area (Å²) >= 11 is 3.30. The van der Waals surface area contributed by atoms with Crippen LogP contribution < -0.4 is 16.1 Å². The topological polar surface area (TPSA) is 199 Å². The summed E-state index contributed by atoms with van der Waals surface area (Å²) in [6.45, 7) is 0. The molecule has 0 bridgehead atoms. The van der Waals surface area contributed by atoms with E-state index >= 15 is 0 Å². The number of amides is 3. The first-order valence-corrected chi connectivity index (χ1v) is 18.2. The quantitative estimate of drug-likeness (QED) is 0.0345. The van der Waals surface area contributed by atoms with Crippen LogP contribution in [0.5, 0.6) is 0 Å². The molecule has 0 aliphatic rings. The molecule has 4 N–H and O–H groups in total. The number of hydroxylamine groups is 1. The van der Waals surface area contributed by atoms with E-state index in [1.807, 2.05) is 0 Å². The Hall–Kier alpha value is -7.52. The molecule has 0 fully saturated rings. The molecule has 63 heavy (non-hydrogen) atoms. The molecule has 21 heteroatoms. The molecule has 3 amide bonds. The number of alkyl halides is 6. The molecule has 0 saturated heterocycles. The van der Waals surface area contributed by atoms with Gasteiger partial charge in [-0.3, -0.25) is 34.5 Å². The summed E-state index contributed by atoms with van der Waals surface area (Å²) in [5.41, 5.74) is 1.35. The molecule has 0 atom stereocenters. The Bertz CT molecular complexity index is 2360. The maximum absolute atomic E-state index is 12.7. The second kappa shape index (κ2) is 24.1. The maximum atomic E-state index is 12.7. The monoisotopic (exact) mass is 942 g/mol. The van der Waals surface area contributed by atoms with E-state index in [9.17, 15) is 50.3 Å². The number of rotatable bonds is 10. The second-order valence-electron chi connectivity index (χ2n) is 11.9. The highest BCUT2D eigenvalue weighted by Gasteiger charge is 2.32. The number of ether oxygens (including phenoxy) is 2. The Balaban J connectivity index is 0.000000265. The SMILES string of the molecule is COC(=O)/C=C/c1ccncc1Br.COC(=O)/C=C/c1ccncc1NC(=O)c1cccc(C(F)(F)F)c1.O=C(/C=C/c1ccncc1NC(=O)c1cccc(C(F)(F)F)c1)NO. The molecule has 3 heterocycles. The van der Waals surface area contributed by atoms with Gasteiger partial charge in [-0.1, -0.05) is 12.1 Å². The van der Waals surface area contributed by atoms with Crippen molar-refractivity contribution in [3.63, 3.8) is 0 Å². The molecule has 14 nitrogen and oxygen atoms in total. The molecule has 5 aromatic rings. The number of carbonyl (C=O) groups is 5. The minimum Gasteiger partial charge on any atom is -0.466 e. The molecule has 328 valence electrons. The Morgan fingerprint density at radius 1 is 0.603 bits per heavy atom. The smallest absolute Gasteiger partial charge is 0.416 e. The predicted molar refractivity (Wildman–Crippen MR) is 220 cm³/mol. The van der Waals surface area contributed by atoms with Gasteiger partial charge in [-0.2, -0.15) is 26.3 Å². The lowest BCUT2D eigenvalue weighted by Gasteiger charge is -2.10. The molecule has 0 spiro atoms. The van der Waals surface area contributed by atoms with E-state index in [0.29, 0.717) is 11.1 Å². The first-order valence-electron chi connectivity index (χ1n) is 17.4. The summed E-state index contributed by atoms with van der Waals surface area (Å²) in [5.74, 6) is -3.24. The van der Waals surface area contributed by atoms with Crippen LogP contribution >= 0.6 is 15.9 Å². The Kier molecular flexibility index (Phi) is 19.0. The van der Waals surface area contributed by atoms with Crippen molar-refractivity contribution in [2.24, 2.45) is 0 Å². The lowest BCUT2D eigenvalue weighted by atomic mass is 10.1. The number of carbonyl (C=O) groups excluding carboxylic acids is 5. The minimum atomic E-state index is -4.56. The largest absolute Gasteiger partial charge is 0.466 e. The van der Waals surface area contributed by atoms with Gasteiger partial charge in [-0.15, -0.1) is 0 Å². The van der Waals surface area contributed by atoms with Gasteiger partial charge in [0, 0.05) is 69.7 Å². The van der Waals surface area contributed by atoms with Crippen molar-refractivity contribution in [1.29, 1.82) is 0 Å². The van der Waals surface area contributed by atoms with Gasteiger partial charge >= 0.3 is 24.3 Å². The summed E-state index contributed by atoms with van der Waals surface area (Å²) < 4.78 is 86.2. The number of anilines is 2. The van der Waals surface area contributed by atoms with Crippen LogP contribution in [0.25, 0.3) is 18.2 Å².